The molecule has 94 valence electrons. The van der Waals surface area contributed by atoms with Gasteiger partial charge in [0.05, 0.1) is 11.4 Å². The molecule has 19 heavy (non-hydrogen) atoms. The summed E-state index contributed by atoms with van der Waals surface area (Å²) < 4.78 is 3.27. The molecule has 4 rings (SSSR count). The molecule has 1 aliphatic carbocycles. The molecule has 0 bridgehead atoms. The van der Waals surface area contributed by atoms with Gasteiger partial charge in [0.15, 0.2) is 0 Å². The number of aryl methyl sites for hydroxylation is 1. The van der Waals surface area contributed by atoms with Gasteiger partial charge < -0.3 is 4.40 Å². The maximum atomic E-state index is 6.06. The highest BCUT2D eigenvalue weighted by Gasteiger charge is 2.24. The maximum absolute atomic E-state index is 6.06. The molecule has 4 heteroatoms. The quantitative estimate of drug-likeness (QED) is 0.458. The fourth-order valence-electron chi connectivity index (χ4n) is 2.71. The number of hydrogen-bond acceptors (Lipinski definition) is 1. The van der Waals surface area contributed by atoms with E-state index >= 15 is 0 Å². The molecule has 2 nitrogen and oxygen atoms in total. The third kappa shape index (κ3) is 1.58. The Morgan fingerprint density at radius 2 is 2.16 bits per heavy atom. The van der Waals surface area contributed by atoms with Crippen LogP contribution in [0.5, 0.6) is 0 Å². The molecule has 2 heterocycles. The van der Waals surface area contributed by atoms with Crippen LogP contribution >= 0.6 is 27.5 Å². The SMILES string of the molecule is Cc1cc2nc3c(n2cc1Br)Cc1cc(Cl)ccc1-3. The zero-order valence-electron chi connectivity index (χ0n) is 10.2. The first-order chi connectivity index (χ1) is 9.13. The molecule has 0 radical (unpaired) electrons. The van der Waals surface area contributed by atoms with Crippen molar-refractivity contribution in [2.45, 2.75) is 13.3 Å². The summed E-state index contributed by atoms with van der Waals surface area (Å²) in [6, 6.07) is 8.14. The van der Waals surface area contributed by atoms with Gasteiger partial charge in [-0.25, -0.2) is 4.98 Å². The minimum absolute atomic E-state index is 0.787. The normalized spacial score (nSPS) is 12.8. The van der Waals surface area contributed by atoms with Crippen molar-refractivity contribution in [3.8, 4) is 11.3 Å². The number of hydrogen-bond donors (Lipinski definition) is 0. The number of halogens is 2. The monoisotopic (exact) mass is 332 g/mol. The molecule has 0 saturated carbocycles. The van der Waals surface area contributed by atoms with E-state index in [2.05, 4.69) is 45.6 Å². The van der Waals surface area contributed by atoms with E-state index in [0.29, 0.717) is 0 Å². The average Bonchev–Trinajstić information content (AvgIpc) is 2.86. The van der Waals surface area contributed by atoms with Crippen LogP contribution in [0, 0.1) is 6.92 Å². The van der Waals surface area contributed by atoms with Crippen LogP contribution in [0.3, 0.4) is 0 Å². The van der Waals surface area contributed by atoms with Gasteiger partial charge in [0.2, 0.25) is 0 Å². The smallest absolute Gasteiger partial charge is 0.138 e. The van der Waals surface area contributed by atoms with Crippen molar-refractivity contribution in [1.29, 1.82) is 0 Å². The Morgan fingerprint density at radius 3 is 3.00 bits per heavy atom. The summed E-state index contributed by atoms with van der Waals surface area (Å²) in [7, 11) is 0. The standard InChI is InChI=1S/C15H10BrClN2/c1-8-4-14-18-15-11-3-2-10(17)5-9(11)6-13(15)19(14)7-12(8)16/h2-5,7H,6H2,1H3. The Balaban J connectivity index is 2.04. The molecule has 0 atom stereocenters. The van der Waals surface area contributed by atoms with Crippen LogP contribution in [-0.2, 0) is 6.42 Å². The zero-order chi connectivity index (χ0) is 13.1. The lowest BCUT2D eigenvalue weighted by Gasteiger charge is -2.03. The van der Waals surface area contributed by atoms with E-state index in [9.17, 15) is 0 Å². The van der Waals surface area contributed by atoms with Crippen LogP contribution in [0.4, 0.5) is 0 Å². The Labute approximate surface area is 124 Å². The predicted molar refractivity (Wildman–Crippen MR) is 80.9 cm³/mol. The minimum atomic E-state index is 0.787. The van der Waals surface area contributed by atoms with Gasteiger partial charge >= 0.3 is 0 Å². The highest BCUT2D eigenvalue weighted by Crippen LogP contribution is 2.38. The Hall–Kier alpha value is -1.32. The molecule has 1 aromatic carbocycles. The zero-order valence-corrected chi connectivity index (χ0v) is 12.6. The van der Waals surface area contributed by atoms with E-state index in [1.807, 2.05) is 12.1 Å². The number of aromatic nitrogens is 2. The fourth-order valence-corrected chi connectivity index (χ4v) is 3.23. The molecule has 0 aliphatic heterocycles. The molecule has 0 spiro atoms. The van der Waals surface area contributed by atoms with Gasteiger partial charge in [0.1, 0.15) is 5.65 Å². The van der Waals surface area contributed by atoms with E-state index < -0.39 is 0 Å². The fraction of sp³-hybridized carbons (Fsp3) is 0.133. The van der Waals surface area contributed by atoms with Crippen LogP contribution in [0.25, 0.3) is 16.9 Å². The summed E-state index contributed by atoms with van der Waals surface area (Å²) >= 11 is 9.65. The van der Waals surface area contributed by atoms with Gasteiger partial charge in [-0.15, -0.1) is 0 Å². The van der Waals surface area contributed by atoms with Crippen LogP contribution < -0.4 is 0 Å². The highest BCUT2D eigenvalue weighted by molar-refractivity contribution is 9.10. The van der Waals surface area contributed by atoms with Crippen molar-refractivity contribution in [2.24, 2.45) is 0 Å². The van der Waals surface area contributed by atoms with Crippen LogP contribution in [0.2, 0.25) is 5.02 Å². The number of imidazole rings is 1. The predicted octanol–water partition coefficient (Wildman–Crippen LogP) is 4.63. The lowest BCUT2D eigenvalue weighted by molar-refractivity contribution is 1.04. The van der Waals surface area contributed by atoms with Gasteiger partial charge in [0, 0.05) is 27.7 Å². The van der Waals surface area contributed by atoms with Gasteiger partial charge in [-0.2, -0.15) is 0 Å². The van der Waals surface area contributed by atoms with Gasteiger partial charge in [-0.1, -0.05) is 17.7 Å². The molecular formula is C15H10BrClN2. The Bertz CT molecular complexity index is 836. The van der Waals surface area contributed by atoms with Gasteiger partial charge in [-0.05, 0) is 52.2 Å². The van der Waals surface area contributed by atoms with Crippen molar-refractivity contribution >= 4 is 33.2 Å². The summed E-state index contributed by atoms with van der Waals surface area (Å²) in [5, 5.41) is 0.787. The first kappa shape index (κ1) is 11.5. The molecule has 0 N–H and O–H groups in total. The van der Waals surface area contributed by atoms with E-state index in [4.69, 9.17) is 16.6 Å². The first-order valence-electron chi connectivity index (χ1n) is 6.09. The highest BCUT2D eigenvalue weighted by atomic mass is 79.9. The molecule has 3 aromatic rings. The molecule has 0 amide bonds. The molecule has 0 unspecified atom stereocenters. The van der Waals surface area contributed by atoms with E-state index in [-0.39, 0.29) is 0 Å². The second-order valence-corrected chi connectivity index (χ2v) is 6.21. The Kier molecular flexibility index (Phi) is 2.32. The number of rotatable bonds is 0. The molecule has 0 saturated heterocycles. The molecule has 0 fully saturated rings. The third-order valence-electron chi connectivity index (χ3n) is 3.68. The summed E-state index contributed by atoms with van der Waals surface area (Å²) in [6.45, 7) is 2.08. The van der Waals surface area contributed by atoms with E-state index in [1.165, 1.54) is 22.4 Å². The van der Waals surface area contributed by atoms with Crippen molar-refractivity contribution < 1.29 is 0 Å². The summed E-state index contributed by atoms with van der Waals surface area (Å²) in [5.74, 6) is 0. The van der Waals surface area contributed by atoms with Crippen LogP contribution in [0.15, 0.2) is 34.9 Å². The van der Waals surface area contributed by atoms with Crippen molar-refractivity contribution in [2.75, 3.05) is 0 Å². The summed E-state index contributed by atoms with van der Waals surface area (Å²) in [5.41, 5.74) is 7.00. The Morgan fingerprint density at radius 1 is 1.32 bits per heavy atom. The summed E-state index contributed by atoms with van der Waals surface area (Å²) in [4.78, 5) is 4.77. The molecular weight excluding hydrogens is 324 g/mol. The lowest BCUT2D eigenvalue weighted by Crippen LogP contribution is -1.93. The molecule has 2 aromatic heterocycles. The largest absolute Gasteiger partial charge is 0.302 e. The first-order valence-corrected chi connectivity index (χ1v) is 7.26. The van der Waals surface area contributed by atoms with Crippen molar-refractivity contribution in [3.05, 3.63) is 56.8 Å². The number of nitrogens with zero attached hydrogens (tertiary/aromatic N) is 2. The van der Waals surface area contributed by atoms with Crippen molar-refractivity contribution in [3.63, 3.8) is 0 Å². The van der Waals surface area contributed by atoms with Gasteiger partial charge in [-0.3, -0.25) is 0 Å². The van der Waals surface area contributed by atoms with E-state index in [0.717, 1.165) is 27.3 Å². The second-order valence-electron chi connectivity index (χ2n) is 4.92. The van der Waals surface area contributed by atoms with Crippen molar-refractivity contribution in [1.82, 2.24) is 9.38 Å². The number of pyridine rings is 1. The minimum Gasteiger partial charge on any atom is -0.302 e. The van der Waals surface area contributed by atoms with Crippen LogP contribution in [-0.4, -0.2) is 9.38 Å². The molecule has 1 aliphatic rings. The van der Waals surface area contributed by atoms with Gasteiger partial charge in [0.25, 0.3) is 0 Å². The van der Waals surface area contributed by atoms with Crippen LogP contribution in [0.1, 0.15) is 16.8 Å². The topological polar surface area (TPSA) is 17.3 Å². The second kappa shape index (κ2) is 3.84. The third-order valence-corrected chi connectivity index (χ3v) is 4.75. The average molecular weight is 334 g/mol. The summed E-state index contributed by atoms with van der Waals surface area (Å²) in [6.07, 6.45) is 2.99. The number of benzene rings is 1. The lowest BCUT2D eigenvalue weighted by atomic mass is 10.1. The maximum Gasteiger partial charge on any atom is 0.138 e. The van der Waals surface area contributed by atoms with E-state index in [1.54, 1.807) is 0 Å². The number of fused-ring (bicyclic) bond motifs is 5.